The van der Waals surface area contributed by atoms with E-state index in [-0.39, 0.29) is 5.91 Å². The Labute approximate surface area is 140 Å². The molecule has 0 aliphatic carbocycles. The number of pyridine rings is 1. The largest absolute Gasteiger partial charge is 0.322 e. The maximum absolute atomic E-state index is 12.4. The first-order chi connectivity index (χ1) is 11.5. The lowest BCUT2D eigenvalue weighted by molar-refractivity contribution is 0.102. The molecule has 0 radical (unpaired) electrons. The summed E-state index contributed by atoms with van der Waals surface area (Å²) in [7, 11) is 1.82. The first-order valence-electron chi connectivity index (χ1n) is 7.76. The molecule has 1 aromatic carbocycles. The van der Waals surface area contributed by atoms with Crippen LogP contribution in [0, 0.1) is 0 Å². The van der Waals surface area contributed by atoms with E-state index in [1.165, 1.54) is 0 Å². The van der Waals surface area contributed by atoms with Gasteiger partial charge in [-0.15, -0.1) is 0 Å². The van der Waals surface area contributed by atoms with Gasteiger partial charge in [-0.05, 0) is 30.2 Å². The minimum atomic E-state index is -0.191. The third kappa shape index (κ3) is 3.48. The Morgan fingerprint density at radius 2 is 2.00 bits per heavy atom. The van der Waals surface area contributed by atoms with Gasteiger partial charge in [0.1, 0.15) is 6.33 Å². The average Bonchev–Trinajstić information content (AvgIpc) is 3.02. The molecule has 0 unspecified atom stereocenters. The fourth-order valence-corrected chi connectivity index (χ4v) is 2.29. The Hall–Kier alpha value is -3.02. The second kappa shape index (κ2) is 6.62. The van der Waals surface area contributed by atoms with Crippen LogP contribution in [0.4, 0.5) is 5.69 Å². The van der Waals surface area contributed by atoms with Gasteiger partial charge in [0, 0.05) is 30.2 Å². The molecule has 2 aromatic heterocycles. The van der Waals surface area contributed by atoms with Crippen molar-refractivity contribution in [3.05, 3.63) is 60.2 Å². The number of rotatable bonds is 4. The van der Waals surface area contributed by atoms with Crippen LogP contribution < -0.4 is 5.32 Å². The van der Waals surface area contributed by atoms with E-state index in [1.54, 1.807) is 23.3 Å². The molecule has 3 rings (SSSR count). The van der Waals surface area contributed by atoms with Crippen LogP contribution in [0.1, 0.15) is 35.8 Å². The van der Waals surface area contributed by atoms with E-state index in [4.69, 9.17) is 0 Å². The molecule has 122 valence electrons. The lowest BCUT2D eigenvalue weighted by Crippen LogP contribution is -2.12. The monoisotopic (exact) mass is 321 g/mol. The Morgan fingerprint density at radius 3 is 2.62 bits per heavy atom. The van der Waals surface area contributed by atoms with Crippen LogP contribution >= 0.6 is 0 Å². The molecule has 0 aliphatic rings. The normalized spacial score (nSPS) is 10.8. The van der Waals surface area contributed by atoms with Gasteiger partial charge in [0.25, 0.3) is 5.91 Å². The molecule has 0 atom stereocenters. The van der Waals surface area contributed by atoms with Crippen LogP contribution in [0.5, 0.6) is 0 Å². The first-order valence-corrected chi connectivity index (χ1v) is 7.76. The van der Waals surface area contributed by atoms with Crippen LogP contribution in [0.2, 0.25) is 0 Å². The van der Waals surface area contributed by atoms with Crippen LogP contribution in [0.25, 0.3) is 11.4 Å². The maximum Gasteiger partial charge on any atom is 0.257 e. The quantitative estimate of drug-likeness (QED) is 0.800. The van der Waals surface area contributed by atoms with E-state index in [9.17, 15) is 4.79 Å². The fourth-order valence-electron chi connectivity index (χ4n) is 2.29. The van der Waals surface area contributed by atoms with Crippen LogP contribution in [-0.2, 0) is 7.05 Å². The number of aryl methyl sites for hydroxylation is 1. The molecule has 0 spiro atoms. The van der Waals surface area contributed by atoms with Crippen molar-refractivity contribution in [2.75, 3.05) is 5.32 Å². The number of hydrogen-bond acceptors (Lipinski definition) is 4. The molecule has 6 nitrogen and oxygen atoms in total. The first kappa shape index (κ1) is 15.9. The van der Waals surface area contributed by atoms with Crippen LogP contribution in [-0.4, -0.2) is 25.7 Å². The number of anilines is 1. The number of nitrogens with one attached hydrogen (secondary N) is 1. The van der Waals surface area contributed by atoms with Gasteiger partial charge in [-0.1, -0.05) is 26.0 Å². The number of amides is 1. The molecule has 6 heteroatoms. The van der Waals surface area contributed by atoms with E-state index >= 15 is 0 Å². The molecular formula is C18H19N5O. The van der Waals surface area contributed by atoms with Gasteiger partial charge >= 0.3 is 0 Å². The summed E-state index contributed by atoms with van der Waals surface area (Å²) in [5, 5.41) is 7.15. The van der Waals surface area contributed by atoms with Crippen molar-refractivity contribution in [1.82, 2.24) is 19.7 Å². The van der Waals surface area contributed by atoms with Gasteiger partial charge in [-0.3, -0.25) is 14.5 Å². The zero-order chi connectivity index (χ0) is 17.1. The highest BCUT2D eigenvalue weighted by atomic mass is 16.1. The summed E-state index contributed by atoms with van der Waals surface area (Å²) in [6, 6.07) is 11.1. The molecule has 1 N–H and O–H groups in total. The molecule has 0 saturated carbocycles. The predicted molar refractivity (Wildman–Crippen MR) is 92.7 cm³/mol. The van der Waals surface area contributed by atoms with Gasteiger partial charge in [0.05, 0.1) is 5.56 Å². The van der Waals surface area contributed by atoms with E-state index in [0.29, 0.717) is 23.0 Å². The highest BCUT2D eigenvalue weighted by Gasteiger charge is 2.09. The SMILES string of the molecule is CC(C)c1ccc(C(=O)Nc2cccc(-c3ncn(C)n3)c2)cn1. The van der Waals surface area contributed by atoms with Crippen LogP contribution in [0.3, 0.4) is 0 Å². The van der Waals surface area contributed by atoms with Crippen molar-refractivity contribution in [1.29, 1.82) is 0 Å². The highest BCUT2D eigenvalue weighted by Crippen LogP contribution is 2.20. The predicted octanol–water partition coefficient (Wildman–Crippen LogP) is 3.25. The van der Waals surface area contributed by atoms with Crippen molar-refractivity contribution < 1.29 is 4.79 Å². The van der Waals surface area contributed by atoms with E-state index in [2.05, 4.69) is 34.2 Å². The molecule has 0 aliphatic heterocycles. The summed E-state index contributed by atoms with van der Waals surface area (Å²) < 4.78 is 1.64. The highest BCUT2D eigenvalue weighted by molar-refractivity contribution is 6.04. The van der Waals surface area contributed by atoms with Crippen molar-refractivity contribution >= 4 is 11.6 Å². The number of nitrogens with zero attached hydrogens (tertiary/aromatic N) is 4. The topological polar surface area (TPSA) is 72.7 Å². The molecular weight excluding hydrogens is 302 g/mol. The second-order valence-corrected chi connectivity index (χ2v) is 5.90. The summed E-state index contributed by atoms with van der Waals surface area (Å²) in [6.07, 6.45) is 3.25. The molecule has 3 aromatic rings. The summed E-state index contributed by atoms with van der Waals surface area (Å²) in [5.41, 5.74) is 3.04. The number of aromatic nitrogens is 4. The van der Waals surface area contributed by atoms with Gasteiger partial charge in [-0.25, -0.2) is 4.98 Å². The third-order valence-corrected chi connectivity index (χ3v) is 3.62. The summed E-state index contributed by atoms with van der Waals surface area (Å²) in [4.78, 5) is 20.9. The van der Waals surface area contributed by atoms with Crippen molar-refractivity contribution in [2.45, 2.75) is 19.8 Å². The smallest absolute Gasteiger partial charge is 0.257 e. The summed E-state index contributed by atoms with van der Waals surface area (Å²) >= 11 is 0. The number of benzene rings is 1. The minimum Gasteiger partial charge on any atom is -0.322 e. The zero-order valence-corrected chi connectivity index (χ0v) is 13.9. The molecule has 2 heterocycles. The second-order valence-electron chi connectivity index (χ2n) is 5.90. The summed E-state index contributed by atoms with van der Waals surface area (Å²) in [5.74, 6) is 0.769. The molecule has 0 saturated heterocycles. The Balaban J connectivity index is 1.77. The van der Waals surface area contributed by atoms with Gasteiger partial charge in [0.2, 0.25) is 0 Å². The van der Waals surface area contributed by atoms with Crippen molar-refractivity contribution in [3.8, 4) is 11.4 Å². The molecule has 1 amide bonds. The fraction of sp³-hybridized carbons (Fsp3) is 0.222. The number of carbonyl (C=O) groups excluding carboxylic acids is 1. The lowest BCUT2D eigenvalue weighted by Gasteiger charge is -2.08. The average molecular weight is 321 g/mol. The Kier molecular flexibility index (Phi) is 4.37. The van der Waals surface area contributed by atoms with Crippen molar-refractivity contribution in [2.24, 2.45) is 7.05 Å². The van der Waals surface area contributed by atoms with Crippen LogP contribution in [0.15, 0.2) is 48.9 Å². The van der Waals surface area contributed by atoms with Crippen molar-refractivity contribution in [3.63, 3.8) is 0 Å². The third-order valence-electron chi connectivity index (χ3n) is 3.62. The minimum absolute atomic E-state index is 0.191. The standard InChI is InChI=1S/C18H19N5O/c1-12(2)16-8-7-14(10-19-16)18(24)21-15-6-4-5-13(9-15)17-20-11-23(3)22-17/h4-12H,1-3H3,(H,21,24). The Morgan fingerprint density at radius 1 is 1.17 bits per heavy atom. The van der Waals surface area contributed by atoms with Gasteiger partial charge in [0.15, 0.2) is 5.82 Å². The van der Waals surface area contributed by atoms with E-state index in [0.717, 1.165) is 11.3 Å². The maximum atomic E-state index is 12.4. The number of carbonyl (C=O) groups is 1. The lowest BCUT2D eigenvalue weighted by atomic mass is 10.1. The molecule has 24 heavy (non-hydrogen) atoms. The summed E-state index contributed by atoms with van der Waals surface area (Å²) in [6.45, 7) is 4.14. The van der Waals surface area contributed by atoms with Gasteiger partial charge < -0.3 is 5.32 Å². The molecule has 0 bridgehead atoms. The number of hydrogen-bond donors (Lipinski definition) is 1. The Bertz CT molecular complexity index is 852. The molecule has 0 fully saturated rings. The van der Waals surface area contributed by atoms with Gasteiger partial charge in [-0.2, -0.15) is 5.10 Å². The zero-order valence-electron chi connectivity index (χ0n) is 13.9. The van der Waals surface area contributed by atoms with E-state index < -0.39 is 0 Å². The van der Waals surface area contributed by atoms with E-state index in [1.807, 2.05) is 37.4 Å².